The molecule has 10 nitrogen and oxygen atoms in total. The maximum atomic E-state index is 12.5. The Morgan fingerprint density at radius 3 is 2.47 bits per heavy atom. The van der Waals surface area contributed by atoms with Crippen LogP contribution in [0.15, 0.2) is 36.5 Å². The standard InChI is InChI=1S/C20H23N7O3/c28-18-6-9-27(20(30)22-18)10-7-19(29)26-13-11-25(12-14-26)17-5-4-16(23-24-17)15-3-1-2-8-21-15/h1-5,8H,6-7,9-14H2,(H,22,28,30). The van der Waals surface area contributed by atoms with Gasteiger partial charge in [-0.2, -0.15) is 0 Å². The lowest BCUT2D eigenvalue weighted by Crippen LogP contribution is -2.52. The van der Waals surface area contributed by atoms with Crippen molar-refractivity contribution in [3.63, 3.8) is 0 Å². The van der Waals surface area contributed by atoms with Crippen molar-refractivity contribution < 1.29 is 14.4 Å². The molecule has 2 fully saturated rings. The van der Waals surface area contributed by atoms with Crippen LogP contribution >= 0.6 is 0 Å². The number of anilines is 1. The van der Waals surface area contributed by atoms with Gasteiger partial charge in [-0.3, -0.25) is 19.9 Å². The van der Waals surface area contributed by atoms with Crippen LogP contribution in [0.5, 0.6) is 0 Å². The summed E-state index contributed by atoms with van der Waals surface area (Å²) in [6, 6.07) is 9.05. The number of amides is 4. The second-order valence-electron chi connectivity index (χ2n) is 7.20. The van der Waals surface area contributed by atoms with E-state index in [1.165, 1.54) is 4.90 Å². The largest absolute Gasteiger partial charge is 0.352 e. The van der Waals surface area contributed by atoms with Gasteiger partial charge in [-0.05, 0) is 24.3 Å². The summed E-state index contributed by atoms with van der Waals surface area (Å²) in [4.78, 5) is 45.1. The summed E-state index contributed by atoms with van der Waals surface area (Å²) in [7, 11) is 0. The molecule has 10 heteroatoms. The van der Waals surface area contributed by atoms with Crippen molar-refractivity contribution in [1.29, 1.82) is 0 Å². The van der Waals surface area contributed by atoms with E-state index in [9.17, 15) is 14.4 Å². The molecule has 0 spiro atoms. The molecule has 0 bridgehead atoms. The van der Waals surface area contributed by atoms with Crippen molar-refractivity contribution in [2.75, 3.05) is 44.2 Å². The molecule has 0 aromatic carbocycles. The number of imide groups is 1. The lowest BCUT2D eigenvalue weighted by molar-refractivity contribution is -0.131. The topological polar surface area (TPSA) is 112 Å². The molecule has 2 aliphatic heterocycles. The minimum absolute atomic E-state index is 0.0101. The number of rotatable bonds is 5. The molecule has 30 heavy (non-hydrogen) atoms. The van der Waals surface area contributed by atoms with Crippen molar-refractivity contribution in [3.05, 3.63) is 36.5 Å². The number of hydrogen-bond donors (Lipinski definition) is 1. The van der Waals surface area contributed by atoms with Crippen LogP contribution in [0.3, 0.4) is 0 Å². The Kier molecular flexibility index (Phi) is 5.82. The Bertz CT molecular complexity index is 912. The number of nitrogens with one attached hydrogen (secondary N) is 1. The van der Waals surface area contributed by atoms with E-state index in [2.05, 4.69) is 25.4 Å². The Labute approximate surface area is 173 Å². The van der Waals surface area contributed by atoms with Gasteiger partial charge in [0, 0.05) is 58.3 Å². The predicted molar refractivity (Wildman–Crippen MR) is 108 cm³/mol. The molecule has 156 valence electrons. The Morgan fingerprint density at radius 2 is 1.80 bits per heavy atom. The number of hydrogen-bond acceptors (Lipinski definition) is 7. The molecular formula is C20H23N7O3. The number of pyridine rings is 1. The smallest absolute Gasteiger partial charge is 0.324 e. The number of carbonyl (C=O) groups excluding carboxylic acids is 3. The van der Waals surface area contributed by atoms with Crippen LogP contribution in [0.1, 0.15) is 12.8 Å². The molecule has 4 rings (SSSR count). The van der Waals surface area contributed by atoms with Gasteiger partial charge in [0.05, 0.1) is 5.69 Å². The Morgan fingerprint density at radius 1 is 0.967 bits per heavy atom. The number of aromatic nitrogens is 3. The van der Waals surface area contributed by atoms with Crippen LogP contribution in [0, 0.1) is 0 Å². The summed E-state index contributed by atoms with van der Waals surface area (Å²) in [5.74, 6) is 0.516. The summed E-state index contributed by atoms with van der Waals surface area (Å²) in [6.45, 7) is 3.20. The quantitative estimate of drug-likeness (QED) is 0.766. The van der Waals surface area contributed by atoms with Gasteiger partial charge in [-0.1, -0.05) is 6.07 Å². The monoisotopic (exact) mass is 409 g/mol. The van der Waals surface area contributed by atoms with Crippen LogP contribution in [0.25, 0.3) is 11.4 Å². The van der Waals surface area contributed by atoms with Crippen molar-refractivity contribution in [2.24, 2.45) is 0 Å². The highest BCUT2D eigenvalue weighted by atomic mass is 16.2. The van der Waals surface area contributed by atoms with Crippen molar-refractivity contribution in [1.82, 2.24) is 30.3 Å². The van der Waals surface area contributed by atoms with Gasteiger partial charge in [-0.15, -0.1) is 10.2 Å². The fraction of sp³-hybridized carbons (Fsp3) is 0.400. The third kappa shape index (κ3) is 4.53. The molecule has 2 aliphatic rings. The van der Waals surface area contributed by atoms with E-state index >= 15 is 0 Å². The number of carbonyl (C=O) groups is 3. The van der Waals surface area contributed by atoms with Crippen LogP contribution in [0.2, 0.25) is 0 Å². The normalized spacial score (nSPS) is 17.1. The molecule has 0 atom stereocenters. The fourth-order valence-electron chi connectivity index (χ4n) is 3.53. The van der Waals surface area contributed by atoms with E-state index < -0.39 is 6.03 Å². The lowest BCUT2D eigenvalue weighted by Gasteiger charge is -2.35. The average molecular weight is 409 g/mol. The zero-order valence-electron chi connectivity index (χ0n) is 16.5. The van der Waals surface area contributed by atoms with Crippen molar-refractivity contribution >= 4 is 23.7 Å². The van der Waals surface area contributed by atoms with E-state index in [4.69, 9.17) is 0 Å². The van der Waals surface area contributed by atoms with Crippen LogP contribution in [-0.4, -0.2) is 82.1 Å². The Balaban J connectivity index is 1.26. The van der Waals surface area contributed by atoms with Crippen LogP contribution < -0.4 is 10.2 Å². The van der Waals surface area contributed by atoms with Gasteiger partial charge in [0.1, 0.15) is 5.69 Å². The zero-order valence-corrected chi connectivity index (χ0v) is 16.5. The van der Waals surface area contributed by atoms with E-state index in [0.29, 0.717) is 39.3 Å². The highest BCUT2D eigenvalue weighted by Crippen LogP contribution is 2.17. The third-order valence-electron chi connectivity index (χ3n) is 5.27. The number of urea groups is 1. The molecule has 2 aromatic rings. The molecular weight excluding hydrogens is 386 g/mol. The van der Waals surface area contributed by atoms with Crippen molar-refractivity contribution in [3.8, 4) is 11.4 Å². The highest BCUT2D eigenvalue weighted by molar-refractivity contribution is 5.96. The maximum absolute atomic E-state index is 12.5. The minimum Gasteiger partial charge on any atom is -0.352 e. The molecule has 0 radical (unpaired) electrons. The molecule has 2 aromatic heterocycles. The summed E-state index contributed by atoms with van der Waals surface area (Å²) in [5.41, 5.74) is 1.50. The van der Waals surface area contributed by atoms with Gasteiger partial charge in [0.2, 0.25) is 11.8 Å². The van der Waals surface area contributed by atoms with E-state index in [1.807, 2.05) is 30.3 Å². The van der Waals surface area contributed by atoms with Gasteiger partial charge in [-0.25, -0.2) is 4.79 Å². The van der Waals surface area contributed by atoms with Gasteiger partial charge >= 0.3 is 6.03 Å². The van der Waals surface area contributed by atoms with Crippen molar-refractivity contribution in [2.45, 2.75) is 12.8 Å². The minimum atomic E-state index is -0.420. The highest BCUT2D eigenvalue weighted by Gasteiger charge is 2.26. The molecule has 0 unspecified atom stereocenters. The summed E-state index contributed by atoms with van der Waals surface area (Å²) in [5, 5.41) is 10.9. The molecule has 1 N–H and O–H groups in total. The molecule has 4 heterocycles. The molecule has 0 aliphatic carbocycles. The Hall–Kier alpha value is -3.56. The SMILES string of the molecule is O=C1CCN(CCC(=O)N2CCN(c3ccc(-c4ccccn4)nn3)CC2)C(=O)N1. The van der Waals surface area contributed by atoms with Crippen LogP contribution in [-0.2, 0) is 9.59 Å². The predicted octanol–water partition coefficient (Wildman–Crippen LogP) is 0.519. The molecule has 2 saturated heterocycles. The maximum Gasteiger partial charge on any atom is 0.324 e. The summed E-state index contributed by atoms with van der Waals surface area (Å²) in [6.07, 6.45) is 2.25. The first-order chi connectivity index (χ1) is 14.6. The summed E-state index contributed by atoms with van der Waals surface area (Å²) < 4.78 is 0. The lowest BCUT2D eigenvalue weighted by atomic mass is 10.2. The second-order valence-corrected chi connectivity index (χ2v) is 7.20. The third-order valence-corrected chi connectivity index (χ3v) is 5.27. The molecule has 4 amide bonds. The van der Waals surface area contributed by atoms with Gasteiger partial charge < -0.3 is 14.7 Å². The summed E-state index contributed by atoms with van der Waals surface area (Å²) >= 11 is 0. The van der Waals surface area contributed by atoms with E-state index in [0.717, 1.165) is 17.2 Å². The zero-order chi connectivity index (χ0) is 20.9. The average Bonchev–Trinajstić information content (AvgIpc) is 2.79. The fourth-order valence-corrected chi connectivity index (χ4v) is 3.53. The first kappa shape index (κ1) is 19.7. The number of nitrogens with zero attached hydrogens (tertiary/aromatic N) is 6. The number of piperazine rings is 1. The first-order valence-corrected chi connectivity index (χ1v) is 9.97. The van der Waals surface area contributed by atoms with Crippen LogP contribution in [0.4, 0.5) is 10.6 Å². The van der Waals surface area contributed by atoms with Gasteiger partial charge in [0.15, 0.2) is 5.82 Å². The first-order valence-electron chi connectivity index (χ1n) is 9.97. The second kappa shape index (κ2) is 8.85. The molecule has 0 saturated carbocycles. The van der Waals surface area contributed by atoms with E-state index in [-0.39, 0.29) is 24.7 Å². The van der Waals surface area contributed by atoms with E-state index in [1.54, 1.807) is 11.1 Å². The van der Waals surface area contributed by atoms with Gasteiger partial charge in [0.25, 0.3) is 0 Å².